The molecule has 0 aliphatic carbocycles. The van der Waals surface area contributed by atoms with E-state index in [0.717, 1.165) is 11.4 Å². The van der Waals surface area contributed by atoms with Gasteiger partial charge in [-0.1, -0.05) is 53.7 Å². The lowest BCUT2D eigenvalue weighted by atomic mass is 10.2. The summed E-state index contributed by atoms with van der Waals surface area (Å²) in [5.74, 6) is 0.369. The van der Waals surface area contributed by atoms with E-state index in [4.69, 9.17) is 11.6 Å². The van der Waals surface area contributed by atoms with E-state index >= 15 is 0 Å². The zero-order chi connectivity index (χ0) is 20.1. The molecule has 0 unspecified atom stereocenters. The van der Waals surface area contributed by atoms with E-state index in [1.807, 2.05) is 41.8 Å². The third-order valence-corrected chi connectivity index (χ3v) is 5.03. The van der Waals surface area contributed by atoms with Crippen molar-refractivity contribution in [1.29, 1.82) is 0 Å². The Labute approximate surface area is 170 Å². The Morgan fingerprint density at radius 2 is 2.00 bits per heavy atom. The largest absolute Gasteiger partial charge is 0.320 e. The van der Waals surface area contributed by atoms with Crippen LogP contribution in [-0.4, -0.2) is 31.3 Å². The van der Waals surface area contributed by atoms with E-state index in [-0.39, 0.29) is 28.1 Å². The van der Waals surface area contributed by atoms with Gasteiger partial charge in [-0.15, -0.1) is 10.2 Å². The number of nitrogens with zero attached hydrogens (tertiary/aromatic N) is 4. The summed E-state index contributed by atoms with van der Waals surface area (Å²) in [6, 6.07) is 13.7. The molecule has 10 heteroatoms. The number of carbonyl (C=O) groups excluding carboxylic acids is 1. The topological polar surface area (TPSA) is 103 Å². The third kappa shape index (κ3) is 4.49. The van der Waals surface area contributed by atoms with Gasteiger partial charge in [-0.25, -0.2) is 0 Å². The lowest BCUT2D eigenvalue weighted by Crippen LogP contribution is -2.15. The molecule has 0 aliphatic rings. The highest BCUT2D eigenvalue weighted by Gasteiger charge is 2.18. The number of nitro benzene ring substituents is 1. The number of benzene rings is 2. The van der Waals surface area contributed by atoms with Crippen LogP contribution in [0.1, 0.15) is 6.92 Å². The van der Waals surface area contributed by atoms with Crippen molar-refractivity contribution in [3.05, 3.63) is 63.7 Å². The predicted molar refractivity (Wildman–Crippen MR) is 109 cm³/mol. The number of nitro groups is 1. The fourth-order valence-corrected chi connectivity index (χ4v) is 3.53. The van der Waals surface area contributed by atoms with Crippen molar-refractivity contribution in [3.63, 3.8) is 0 Å². The molecule has 8 nitrogen and oxygen atoms in total. The Morgan fingerprint density at radius 1 is 1.25 bits per heavy atom. The number of nitrogens with one attached hydrogen (secondary N) is 1. The van der Waals surface area contributed by atoms with Crippen LogP contribution in [0.15, 0.2) is 53.7 Å². The van der Waals surface area contributed by atoms with Gasteiger partial charge in [-0.2, -0.15) is 0 Å². The minimum absolute atomic E-state index is 0.0344. The van der Waals surface area contributed by atoms with Crippen molar-refractivity contribution in [1.82, 2.24) is 14.8 Å². The van der Waals surface area contributed by atoms with Crippen LogP contribution >= 0.6 is 23.4 Å². The van der Waals surface area contributed by atoms with Crippen molar-refractivity contribution >= 4 is 40.6 Å². The summed E-state index contributed by atoms with van der Waals surface area (Å²) in [5.41, 5.74) is 0.779. The van der Waals surface area contributed by atoms with E-state index in [0.29, 0.717) is 11.7 Å². The summed E-state index contributed by atoms with van der Waals surface area (Å²) in [6.45, 7) is 2.61. The number of amides is 1. The van der Waals surface area contributed by atoms with Crippen LogP contribution in [0.3, 0.4) is 0 Å². The van der Waals surface area contributed by atoms with Gasteiger partial charge in [0.05, 0.1) is 10.7 Å². The summed E-state index contributed by atoms with van der Waals surface area (Å²) in [5, 5.41) is 22.9. The lowest BCUT2D eigenvalue weighted by Gasteiger charge is -2.08. The maximum atomic E-state index is 12.3. The molecule has 144 valence electrons. The minimum Gasteiger partial charge on any atom is -0.320 e. The molecule has 0 saturated heterocycles. The molecule has 0 saturated carbocycles. The third-order valence-electron chi connectivity index (χ3n) is 3.83. The molecule has 0 bridgehead atoms. The Kier molecular flexibility index (Phi) is 6.27. The van der Waals surface area contributed by atoms with Gasteiger partial charge in [0.15, 0.2) is 11.0 Å². The normalized spacial score (nSPS) is 10.6. The number of hydrogen-bond acceptors (Lipinski definition) is 6. The molecule has 0 radical (unpaired) electrons. The zero-order valence-corrected chi connectivity index (χ0v) is 16.4. The van der Waals surface area contributed by atoms with Gasteiger partial charge in [-0.05, 0) is 19.1 Å². The summed E-state index contributed by atoms with van der Waals surface area (Å²) < 4.78 is 1.91. The second-order valence-electron chi connectivity index (χ2n) is 5.67. The van der Waals surface area contributed by atoms with Crippen LogP contribution in [0.2, 0.25) is 5.02 Å². The van der Waals surface area contributed by atoms with Crippen LogP contribution in [0.4, 0.5) is 11.4 Å². The number of thioether (sulfide) groups is 1. The van der Waals surface area contributed by atoms with Crippen LogP contribution in [0.5, 0.6) is 0 Å². The molecule has 3 rings (SSSR count). The number of halogens is 1. The predicted octanol–water partition coefficient (Wildman–Crippen LogP) is 4.26. The van der Waals surface area contributed by atoms with Crippen LogP contribution in [0, 0.1) is 10.1 Å². The van der Waals surface area contributed by atoms with E-state index in [1.54, 1.807) is 0 Å². The lowest BCUT2D eigenvalue weighted by molar-refractivity contribution is -0.383. The smallest absolute Gasteiger partial charge is 0.294 e. The molecule has 1 amide bonds. The molecule has 1 heterocycles. The van der Waals surface area contributed by atoms with E-state index < -0.39 is 4.92 Å². The van der Waals surface area contributed by atoms with Crippen molar-refractivity contribution in [2.45, 2.75) is 18.6 Å². The van der Waals surface area contributed by atoms with E-state index in [2.05, 4.69) is 15.5 Å². The maximum absolute atomic E-state index is 12.3. The Hall–Kier alpha value is -2.91. The molecule has 1 aromatic heterocycles. The zero-order valence-electron chi connectivity index (χ0n) is 14.8. The minimum atomic E-state index is -0.589. The first-order valence-electron chi connectivity index (χ1n) is 8.34. The average molecular weight is 418 g/mol. The summed E-state index contributed by atoms with van der Waals surface area (Å²) >= 11 is 7.00. The van der Waals surface area contributed by atoms with Crippen molar-refractivity contribution < 1.29 is 9.72 Å². The van der Waals surface area contributed by atoms with E-state index in [9.17, 15) is 14.9 Å². The molecule has 1 N–H and O–H groups in total. The molecule has 3 aromatic rings. The fourth-order valence-electron chi connectivity index (χ4n) is 2.56. The van der Waals surface area contributed by atoms with Crippen LogP contribution in [0.25, 0.3) is 11.4 Å². The van der Waals surface area contributed by atoms with Crippen LogP contribution in [-0.2, 0) is 11.3 Å². The fraction of sp³-hybridized carbons (Fsp3) is 0.167. The standard InChI is InChI=1S/C18H16ClN5O3S/c1-2-23-17(12-6-4-3-5-7-12)21-22-18(23)28-11-16(25)20-14-9-8-13(19)10-15(14)24(26)27/h3-10H,2,11H2,1H3,(H,20,25). The molecular formula is C18H16ClN5O3S. The summed E-state index contributed by atoms with van der Waals surface area (Å²) in [4.78, 5) is 22.8. The second-order valence-corrected chi connectivity index (χ2v) is 7.05. The second kappa shape index (κ2) is 8.85. The number of carbonyl (C=O) groups is 1. The van der Waals surface area contributed by atoms with Crippen molar-refractivity contribution in [3.8, 4) is 11.4 Å². The highest BCUT2D eigenvalue weighted by molar-refractivity contribution is 7.99. The molecular weight excluding hydrogens is 402 g/mol. The SMILES string of the molecule is CCn1c(SCC(=O)Nc2ccc(Cl)cc2[N+](=O)[O-])nnc1-c1ccccc1. The molecule has 0 atom stereocenters. The van der Waals surface area contributed by atoms with Gasteiger partial charge in [0.1, 0.15) is 5.69 Å². The van der Waals surface area contributed by atoms with Gasteiger partial charge >= 0.3 is 0 Å². The number of anilines is 1. The first kappa shape index (κ1) is 19.8. The Balaban J connectivity index is 1.71. The molecule has 0 spiro atoms. The first-order chi connectivity index (χ1) is 13.5. The number of hydrogen-bond donors (Lipinski definition) is 1. The molecule has 0 aliphatic heterocycles. The highest BCUT2D eigenvalue weighted by atomic mass is 35.5. The Bertz CT molecular complexity index is 1010. The number of rotatable bonds is 7. The molecule has 2 aromatic carbocycles. The molecule has 0 fully saturated rings. The van der Waals surface area contributed by atoms with E-state index in [1.165, 1.54) is 30.0 Å². The van der Waals surface area contributed by atoms with Gasteiger partial charge in [-0.3, -0.25) is 14.9 Å². The van der Waals surface area contributed by atoms with Crippen molar-refractivity contribution in [2.75, 3.05) is 11.1 Å². The monoisotopic (exact) mass is 417 g/mol. The number of aromatic nitrogens is 3. The van der Waals surface area contributed by atoms with Crippen molar-refractivity contribution in [2.24, 2.45) is 0 Å². The Morgan fingerprint density at radius 3 is 2.68 bits per heavy atom. The first-order valence-corrected chi connectivity index (χ1v) is 9.71. The average Bonchev–Trinajstić information content (AvgIpc) is 3.11. The summed E-state index contributed by atoms with van der Waals surface area (Å²) in [6.07, 6.45) is 0. The van der Waals surface area contributed by atoms with Gasteiger partial charge in [0, 0.05) is 23.2 Å². The quantitative estimate of drug-likeness (QED) is 0.350. The van der Waals surface area contributed by atoms with Gasteiger partial charge in [0.2, 0.25) is 5.91 Å². The van der Waals surface area contributed by atoms with Gasteiger partial charge < -0.3 is 9.88 Å². The van der Waals surface area contributed by atoms with Crippen LogP contribution < -0.4 is 5.32 Å². The maximum Gasteiger partial charge on any atom is 0.294 e. The highest BCUT2D eigenvalue weighted by Crippen LogP contribution is 2.28. The van der Waals surface area contributed by atoms with Gasteiger partial charge in [0.25, 0.3) is 5.69 Å². The molecule has 28 heavy (non-hydrogen) atoms. The summed E-state index contributed by atoms with van der Waals surface area (Å²) in [7, 11) is 0.